The number of nitrogens with one attached hydrogen (secondary N) is 1. The van der Waals surface area contributed by atoms with Crippen molar-refractivity contribution < 1.29 is 22.7 Å². The van der Waals surface area contributed by atoms with Gasteiger partial charge < -0.3 is 14.8 Å². The van der Waals surface area contributed by atoms with E-state index in [1.54, 1.807) is 6.07 Å². The molecule has 0 radical (unpaired) electrons. The average molecular weight is 330 g/mol. The minimum absolute atomic E-state index is 0.0415. The van der Waals surface area contributed by atoms with E-state index in [1.165, 1.54) is 33.4 Å². The number of methoxy groups -OCH3 is 2. The highest BCUT2D eigenvalue weighted by atomic mass is 32.2. The van der Waals surface area contributed by atoms with Crippen molar-refractivity contribution in [2.45, 2.75) is 18.2 Å². The lowest BCUT2D eigenvalue weighted by Crippen LogP contribution is -2.38. The summed E-state index contributed by atoms with van der Waals surface area (Å²) in [5.74, 6) is 0.236. The largest absolute Gasteiger partial charge is 0.497 e. The van der Waals surface area contributed by atoms with E-state index in [9.17, 15) is 13.2 Å². The third kappa shape index (κ3) is 4.35. The number of carbonyl (C=O) groups excluding carboxylic acids is 1. The maximum absolute atomic E-state index is 12.6. The van der Waals surface area contributed by atoms with Crippen LogP contribution in [0.1, 0.15) is 13.3 Å². The summed E-state index contributed by atoms with van der Waals surface area (Å²) in [6.45, 7) is 2.17. The van der Waals surface area contributed by atoms with E-state index in [1.807, 2.05) is 6.92 Å². The van der Waals surface area contributed by atoms with Gasteiger partial charge in [-0.1, -0.05) is 6.92 Å². The van der Waals surface area contributed by atoms with Gasteiger partial charge in [0.2, 0.25) is 15.9 Å². The van der Waals surface area contributed by atoms with Crippen molar-refractivity contribution in [3.8, 4) is 11.5 Å². The Hall–Kier alpha value is -1.80. The van der Waals surface area contributed by atoms with E-state index >= 15 is 0 Å². The summed E-state index contributed by atoms with van der Waals surface area (Å²) >= 11 is 0. The second-order valence-electron chi connectivity index (χ2n) is 4.63. The second kappa shape index (κ2) is 8.00. The lowest BCUT2D eigenvalue weighted by molar-refractivity contribution is -0.121. The summed E-state index contributed by atoms with van der Waals surface area (Å²) in [6, 6.07) is 4.48. The van der Waals surface area contributed by atoms with Gasteiger partial charge in [-0.15, -0.1) is 0 Å². The molecule has 0 aliphatic carbocycles. The third-order valence-corrected chi connectivity index (χ3v) is 4.82. The fourth-order valence-electron chi connectivity index (χ4n) is 1.76. The lowest BCUT2D eigenvalue weighted by Gasteiger charge is -2.19. The molecule has 0 atom stereocenters. The highest BCUT2D eigenvalue weighted by molar-refractivity contribution is 7.89. The van der Waals surface area contributed by atoms with E-state index in [2.05, 4.69) is 5.32 Å². The van der Waals surface area contributed by atoms with Crippen LogP contribution in [-0.2, 0) is 14.8 Å². The Morgan fingerprint density at radius 1 is 1.27 bits per heavy atom. The Morgan fingerprint density at radius 2 is 1.95 bits per heavy atom. The van der Waals surface area contributed by atoms with E-state index < -0.39 is 10.0 Å². The molecule has 1 aromatic rings. The average Bonchev–Trinajstić information content (AvgIpc) is 2.51. The molecule has 0 heterocycles. The number of hydrogen-bond acceptors (Lipinski definition) is 5. The second-order valence-corrected chi connectivity index (χ2v) is 6.64. The minimum atomic E-state index is -3.87. The van der Waals surface area contributed by atoms with Crippen LogP contribution in [0.15, 0.2) is 23.1 Å². The summed E-state index contributed by atoms with van der Waals surface area (Å²) in [5, 5.41) is 2.64. The first-order valence-electron chi connectivity index (χ1n) is 6.81. The topological polar surface area (TPSA) is 84.9 Å². The SMILES string of the molecule is CCCNC(=O)CN(C)S(=O)(=O)c1cc(OC)ccc1OC. The quantitative estimate of drug-likeness (QED) is 0.764. The van der Waals surface area contributed by atoms with Crippen LogP contribution in [0, 0.1) is 0 Å². The standard InChI is InChI=1S/C14H22N2O5S/c1-5-8-15-14(17)10-16(2)22(18,19)13-9-11(20-3)6-7-12(13)21-4/h6-7,9H,5,8,10H2,1-4H3,(H,15,17). The zero-order chi connectivity index (χ0) is 16.8. The van der Waals surface area contributed by atoms with Gasteiger partial charge in [0.15, 0.2) is 0 Å². The summed E-state index contributed by atoms with van der Waals surface area (Å²) in [5.41, 5.74) is 0. The van der Waals surface area contributed by atoms with Crippen molar-refractivity contribution in [2.24, 2.45) is 0 Å². The summed E-state index contributed by atoms with van der Waals surface area (Å²) in [6.07, 6.45) is 0.784. The lowest BCUT2D eigenvalue weighted by atomic mass is 10.3. The predicted molar refractivity (Wildman–Crippen MR) is 82.7 cm³/mol. The van der Waals surface area contributed by atoms with Crippen LogP contribution in [-0.4, -0.2) is 53.0 Å². The van der Waals surface area contributed by atoms with Gasteiger partial charge in [-0.05, 0) is 18.6 Å². The number of likely N-dealkylation sites (N-methyl/N-ethyl adjacent to an activating group) is 1. The van der Waals surface area contributed by atoms with Crippen LogP contribution in [0.25, 0.3) is 0 Å². The van der Waals surface area contributed by atoms with Gasteiger partial charge in [0.1, 0.15) is 16.4 Å². The number of nitrogens with zero attached hydrogens (tertiary/aromatic N) is 1. The molecule has 0 saturated heterocycles. The number of sulfonamides is 1. The zero-order valence-electron chi connectivity index (χ0n) is 13.3. The molecule has 0 aliphatic heterocycles. The minimum Gasteiger partial charge on any atom is -0.497 e. The van der Waals surface area contributed by atoms with E-state index in [4.69, 9.17) is 9.47 Å². The molecule has 0 unspecified atom stereocenters. The molecule has 0 saturated carbocycles. The molecule has 124 valence electrons. The number of carbonyl (C=O) groups is 1. The highest BCUT2D eigenvalue weighted by Gasteiger charge is 2.27. The molecular weight excluding hydrogens is 308 g/mol. The van der Waals surface area contributed by atoms with Gasteiger partial charge in [-0.25, -0.2) is 8.42 Å². The monoisotopic (exact) mass is 330 g/mol. The van der Waals surface area contributed by atoms with Crippen LogP contribution in [0.2, 0.25) is 0 Å². The maximum atomic E-state index is 12.6. The Labute approximate surface area is 131 Å². The van der Waals surface area contributed by atoms with E-state index in [0.717, 1.165) is 10.7 Å². The van der Waals surface area contributed by atoms with Gasteiger partial charge in [-0.3, -0.25) is 4.79 Å². The molecular formula is C14H22N2O5S. The molecule has 22 heavy (non-hydrogen) atoms. The van der Waals surface area contributed by atoms with Gasteiger partial charge in [0.25, 0.3) is 0 Å². The predicted octanol–water partition coefficient (Wildman–Crippen LogP) is 0.851. The van der Waals surface area contributed by atoms with Crippen LogP contribution < -0.4 is 14.8 Å². The summed E-state index contributed by atoms with van der Waals surface area (Å²) in [7, 11) is 0.308. The fourth-order valence-corrected chi connectivity index (χ4v) is 3.05. The molecule has 8 heteroatoms. The molecule has 1 amide bonds. The number of hydrogen-bond donors (Lipinski definition) is 1. The van der Waals surface area contributed by atoms with Crippen LogP contribution in [0.3, 0.4) is 0 Å². The molecule has 7 nitrogen and oxygen atoms in total. The molecule has 1 N–H and O–H groups in total. The molecule has 1 rings (SSSR count). The number of rotatable bonds is 8. The van der Waals surface area contributed by atoms with Crippen molar-refractivity contribution in [1.82, 2.24) is 9.62 Å². The number of benzene rings is 1. The van der Waals surface area contributed by atoms with E-state index in [0.29, 0.717) is 12.3 Å². The molecule has 0 aliphatic rings. The zero-order valence-corrected chi connectivity index (χ0v) is 14.1. The van der Waals surface area contributed by atoms with Gasteiger partial charge in [0.05, 0.1) is 20.8 Å². The van der Waals surface area contributed by atoms with Crippen molar-refractivity contribution in [2.75, 3.05) is 34.4 Å². The third-order valence-electron chi connectivity index (χ3n) is 3.00. The normalized spacial score (nSPS) is 11.3. The molecule has 0 spiro atoms. The Balaban J connectivity index is 3.04. The number of amides is 1. The first kappa shape index (κ1) is 18.2. The van der Waals surface area contributed by atoms with E-state index in [-0.39, 0.29) is 23.1 Å². The van der Waals surface area contributed by atoms with Crippen LogP contribution >= 0.6 is 0 Å². The molecule has 1 aromatic carbocycles. The Morgan fingerprint density at radius 3 is 2.50 bits per heavy atom. The first-order chi connectivity index (χ1) is 10.4. The van der Waals surface area contributed by atoms with Gasteiger partial charge >= 0.3 is 0 Å². The maximum Gasteiger partial charge on any atom is 0.247 e. The van der Waals surface area contributed by atoms with Crippen LogP contribution in [0.4, 0.5) is 0 Å². The smallest absolute Gasteiger partial charge is 0.247 e. The molecule has 0 fully saturated rings. The van der Waals surface area contributed by atoms with Crippen molar-refractivity contribution >= 4 is 15.9 Å². The number of ether oxygens (including phenoxy) is 2. The van der Waals surface area contributed by atoms with Crippen molar-refractivity contribution in [1.29, 1.82) is 0 Å². The highest BCUT2D eigenvalue weighted by Crippen LogP contribution is 2.29. The van der Waals surface area contributed by atoms with Gasteiger partial charge in [-0.2, -0.15) is 4.31 Å². The summed E-state index contributed by atoms with van der Waals surface area (Å²) in [4.78, 5) is 11.7. The molecule has 0 bridgehead atoms. The Kier molecular flexibility index (Phi) is 6.63. The van der Waals surface area contributed by atoms with Crippen LogP contribution in [0.5, 0.6) is 11.5 Å². The fraction of sp³-hybridized carbons (Fsp3) is 0.500. The van der Waals surface area contributed by atoms with Gasteiger partial charge in [0, 0.05) is 19.7 Å². The van der Waals surface area contributed by atoms with Crippen molar-refractivity contribution in [3.05, 3.63) is 18.2 Å². The van der Waals surface area contributed by atoms with Crippen molar-refractivity contribution in [3.63, 3.8) is 0 Å². The molecule has 0 aromatic heterocycles. The summed E-state index contributed by atoms with van der Waals surface area (Å²) < 4.78 is 36.3. The Bertz CT molecular complexity index is 616. The first-order valence-corrected chi connectivity index (χ1v) is 8.25.